The van der Waals surface area contributed by atoms with Gasteiger partial charge in [-0.15, -0.1) is 10.2 Å². The van der Waals surface area contributed by atoms with Gasteiger partial charge in [-0.1, -0.05) is 71.4 Å². The molecular weight excluding hydrogens is 374 g/mol. The van der Waals surface area contributed by atoms with Gasteiger partial charge in [0.05, 0.1) is 0 Å². The van der Waals surface area contributed by atoms with Crippen LogP contribution in [0.25, 0.3) is 17.1 Å². The zero-order chi connectivity index (χ0) is 18.6. The molecule has 0 N–H and O–H groups in total. The van der Waals surface area contributed by atoms with Gasteiger partial charge in [0.1, 0.15) is 0 Å². The second-order valence-electron chi connectivity index (χ2n) is 6.26. The van der Waals surface area contributed by atoms with Crippen LogP contribution < -0.4 is 0 Å². The number of nitrogens with zero attached hydrogens (tertiary/aromatic N) is 3. The second-order valence-corrected chi connectivity index (χ2v) is 7.64. The number of para-hydroxylation sites is 1. The molecular formula is C22H18ClN3S. The lowest BCUT2D eigenvalue weighted by atomic mass is 10.2. The van der Waals surface area contributed by atoms with E-state index in [0.717, 1.165) is 28.0 Å². The minimum atomic E-state index is 0.707. The number of aromatic nitrogens is 3. The summed E-state index contributed by atoms with van der Waals surface area (Å²) in [7, 11) is 0. The van der Waals surface area contributed by atoms with Crippen molar-refractivity contribution in [2.75, 3.05) is 0 Å². The van der Waals surface area contributed by atoms with E-state index in [0.29, 0.717) is 5.02 Å². The fourth-order valence-electron chi connectivity index (χ4n) is 2.79. The monoisotopic (exact) mass is 391 g/mol. The standard InChI is InChI=1S/C22H18ClN3S/c1-16-7-9-17(10-8-16)15-27-22-25-24-21(18-11-13-19(23)14-12-18)26(22)20-5-3-2-4-6-20/h2-14H,15H2,1H3. The third-order valence-corrected chi connectivity index (χ3v) is 5.49. The molecule has 3 nitrogen and oxygen atoms in total. The quantitative estimate of drug-likeness (QED) is 0.380. The van der Waals surface area contributed by atoms with Gasteiger partial charge in [0.25, 0.3) is 0 Å². The lowest BCUT2D eigenvalue weighted by Gasteiger charge is -2.10. The summed E-state index contributed by atoms with van der Waals surface area (Å²) in [4.78, 5) is 0. The summed E-state index contributed by atoms with van der Waals surface area (Å²) < 4.78 is 2.10. The summed E-state index contributed by atoms with van der Waals surface area (Å²) in [6, 6.07) is 26.5. The first-order valence-electron chi connectivity index (χ1n) is 8.66. The molecule has 1 aromatic heterocycles. The molecule has 4 aromatic rings. The van der Waals surface area contributed by atoms with Gasteiger partial charge in [-0.05, 0) is 48.9 Å². The summed E-state index contributed by atoms with van der Waals surface area (Å²) in [6.07, 6.45) is 0. The second kappa shape index (κ2) is 7.99. The molecule has 0 radical (unpaired) electrons. The minimum absolute atomic E-state index is 0.707. The Kier molecular flexibility index (Phi) is 5.28. The van der Waals surface area contributed by atoms with Crippen molar-refractivity contribution in [3.05, 3.63) is 95.0 Å². The number of aryl methyl sites for hydroxylation is 1. The van der Waals surface area contributed by atoms with Crippen LogP contribution in [-0.4, -0.2) is 14.8 Å². The Morgan fingerprint density at radius 3 is 2.26 bits per heavy atom. The van der Waals surface area contributed by atoms with Crippen LogP contribution >= 0.6 is 23.4 Å². The van der Waals surface area contributed by atoms with E-state index in [9.17, 15) is 0 Å². The average Bonchev–Trinajstić information content (AvgIpc) is 3.13. The van der Waals surface area contributed by atoms with Crippen molar-refractivity contribution in [3.8, 4) is 17.1 Å². The molecule has 0 unspecified atom stereocenters. The Bertz CT molecular complexity index is 1030. The molecule has 0 aliphatic rings. The Labute approximate surface area is 168 Å². The predicted octanol–water partition coefficient (Wildman–Crippen LogP) is 6.19. The van der Waals surface area contributed by atoms with E-state index in [2.05, 4.69) is 58.1 Å². The summed E-state index contributed by atoms with van der Waals surface area (Å²) in [5.41, 5.74) is 4.55. The first-order valence-corrected chi connectivity index (χ1v) is 10.0. The smallest absolute Gasteiger partial charge is 0.196 e. The van der Waals surface area contributed by atoms with Gasteiger partial charge < -0.3 is 0 Å². The lowest BCUT2D eigenvalue weighted by molar-refractivity contribution is 0.886. The molecule has 0 aliphatic carbocycles. The van der Waals surface area contributed by atoms with E-state index < -0.39 is 0 Å². The molecule has 0 bridgehead atoms. The first-order chi connectivity index (χ1) is 13.2. The van der Waals surface area contributed by atoms with Crippen LogP contribution in [0.5, 0.6) is 0 Å². The maximum atomic E-state index is 6.04. The van der Waals surface area contributed by atoms with Gasteiger partial charge in [-0.3, -0.25) is 4.57 Å². The molecule has 0 atom stereocenters. The molecule has 5 heteroatoms. The van der Waals surface area contributed by atoms with E-state index >= 15 is 0 Å². The van der Waals surface area contributed by atoms with Crippen molar-refractivity contribution in [1.82, 2.24) is 14.8 Å². The number of hydrogen-bond acceptors (Lipinski definition) is 3. The molecule has 0 saturated heterocycles. The zero-order valence-electron chi connectivity index (χ0n) is 14.8. The van der Waals surface area contributed by atoms with Crippen molar-refractivity contribution in [1.29, 1.82) is 0 Å². The largest absolute Gasteiger partial charge is 0.270 e. The number of rotatable bonds is 5. The van der Waals surface area contributed by atoms with E-state index in [1.54, 1.807) is 11.8 Å². The highest BCUT2D eigenvalue weighted by molar-refractivity contribution is 7.98. The minimum Gasteiger partial charge on any atom is -0.270 e. The van der Waals surface area contributed by atoms with Gasteiger partial charge in [0.2, 0.25) is 0 Å². The van der Waals surface area contributed by atoms with Crippen LogP contribution in [0.1, 0.15) is 11.1 Å². The van der Waals surface area contributed by atoms with Gasteiger partial charge in [-0.2, -0.15) is 0 Å². The van der Waals surface area contributed by atoms with Crippen molar-refractivity contribution in [2.45, 2.75) is 17.8 Å². The fraction of sp³-hybridized carbons (Fsp3) is 0.0909. The van der Waals surface area contributed by atoms with Crippen molar-refractivity contribution in [2.24, 2.45) is 0 Å². The van der Waals surface area contributed by atoms with Crippen LogP contribution in [0.15, 0.2) is 84.0 Å². The van der Waals surface area contributed by atoms with E-state index in [1.807, 2.05) is 42.5 Å². The molecule has 27 heavy (non-hydrogen) atoms. The van der Waals surface area contributed by atoms with Crippen LogP contribution in [0.2, 0.25) is 5.02 Å². The molecule has 4 rings (SSSR count). The summed E-state index contributed by atoms with van der Waals surface area (Å²) in [5.74, 6) is 1.65. The Morgan fingerprint density at radius 2 is 1.56 bits per heavy atom. The van der Waals surface area contributed by atoms with Gasteiger partial charge in [-0.25, -0.2) is 0 Å². The lowest BCUT2D eigenvalue weighted by Crippen LogP contribution is -1.99. The molecule has 0 saturated carbocycles. The number of halogens is 1. The topological polar surface area (TPSA) is 30.7 Å². The van der Waals surface area contributed by atoms with Crippen LogP contribution in [0, 0.1) is 6.92 Å². The van der Waals surface area contributed by atoms with Gasteiger partial charge in [0, 0.05) is 22.0 Å². The SMILES string of the molecule is Cc1ccc(CSc2nnc(-c3ccc(Cl)cc3)n2-c2ccccc2)cc1. The molecule has 3 aromatic carbocycles. The predicted molar refractivity (Wildman–Crippen MR) is 113 cm³/mol. The van der Waals surface area contributed by atoms with Crippen molar-refractivity contribution in [3.63, 3.8) is 0 Å². The molecule has 0 aliphatic heterocycles. The van der Waals surface area contributed by atoms with E-state index in [4.69, 9.17) is 11.6 Å². The fourth-order valence-corrected chi connectivity index (χ4v) is 3.83. The Balaban J connectivity index is 1.71. The number of thioether (sulfide) groups is 1. The zero-order valence-corrected chi connectivity index (χ0v) is 16.4. The summed E-state index contributed by atoms with van der Waals surface area (Å²) >= 11 is 7.73. The maximum Gasteiger partial charge on any atom is 0.196 e. The molecule has 0 spiro atoms. The van der Waals surface area contributed by atoms with Gasteiger partial charge >= 0.3 is 0 Å². The average molecular weight is 392 g/mol. The Morgan fingerprint density at radius 1 is 0.852 bits per heavy atom. The summed E-state index contributed by atoms with van der Waals surface area (Å²) in [6.45, 7) is 2.10. The summed E-state index contributed by atoms with van der Waals surface area (Å²) in [5, 5.41) is 10.5. The molecule has 1 heterocycles. The van der Waals surface area contributed by atoms with Crippen LogP contribution in [0.4, 0.5) is 0 Å². The maximum absolute atomic E-state index is 6.04. The third-order valence-electron chi connectivity index (χ3n) is 4.24. The van der Waals surface area contributed by atoms with Crippen molar-refractivity contribution < 1.29 is 0 Å². The highest BCUT2D eigenvalue weighted by Gasteiger charge is 2.16. The van der Waals surface area contributed by atoms with Gasteiger partial charge in [0.15, 0.2) is 11.0 Å². The van der Waals surface area contributed by atoms with E-state index in [1.165, 1.54) is 11.1 Å². The molecule has 0 amide bonds. The normalized spacial score (nSPS) is 10.9. The number of benzene rings is 3. The number of hydrogen-bond donors (Lipinski definition) is 0. The van der Waals surface area contributed by atoms with E-state index in [-0.39, 0.29) is 0 Å². The van der Waals surface area contributed by atoms with Crippen molar-refractivity contribution >= 4 is 23.4 Å². The molecule has 0 fully saturated rings. The third kappa shape index (κ3) is 4.07. The first kappa shape index (κ1) is 17.8. The van der Waals surface area contributed by atoms with Crippen LogP contribution in [0.3, 0.4) is 0 Å². The Hall–Kier alpha value is -2.56. The molecule has 134 valence electrons. The van der Waals surface area contributed by atoms with Crippen LogP contribution in [-0.2, 0) is 5.75 Å². The highest BCUT2D eigenvalue weighted by atomic mass is 35.5. The highest BCUT2D eigenvalue weighted by Crippen LogP contribution is 2.30.